The molecule has 0 saturated carbocycles. The van der Waals surface area contributed by atoms with E-state index >= 15 is 0 Å². The van der Waals surface area contributed by atoms with Crippen molar-refractivity contribution in [3.63, 3.8) is 0 Å². The van der Waals surface area contributed by atoms with E-state index in [0.29, 0.717) is 35.1 Å². The molecule has 0 unspecified atom stereocenters. The minimum absolute atomic E-state index is 0.0865. The van der Waals surface area contributed by atoms with Gasteiger partial charge >= 0.3 is 0 Å². The first-order chi connectivity index (χ1) is 15.4. The minimum atomic E-state index is -0.611. The summed E-state index contributed by atoms with van der Waals surface area (Å²) < 4.78 is 5.78. The molecule has 1 saturated heterocycles. The van der Waals surface area contributed by atoms with Gasteiger partial charge in [0.2, 0.25) is 5.91 Å². The standard InChI is InChI=1S/C24H21Cl2N3O3/c25-20-9-7-16(13-19(20)22-5-1-2-10-28-22)29(14-17-4-3-11-32-17)24(31)18-8-6-15(23(27)30)12-21(18)26/h1-2,5-10,12-13,17H,3-4,11,14H2,(H2,27,30)/t17-/m0/s1. The number of nitrogens with two attached hydrogens (primary N) is 1. The molecular weight excluding hydrogens is 449 g/mol. The predicted octanol–water partition coefficient (Wildman–Crippen LogP) is 4.98. The lowest BCUT2D eigenvalue weighted by atomic mass is 10.1. The highest BCUT2D eigenvalue weighted by atomic mass is 35.5. The molecule has 6 nitrogen and oxygen atoms in total. The Morgan fingerprint density at radius 1 is 1.09 bits per heavy atom. The van der Waals surface area contributed by atoms with Gasteiger partial charge in [0.1, 0.15) is 0 Å². The first-order valence-electron chi connectivity index (χ1n) is 10.2. The molecule has 4 rings (SSSR count). The van der Waals surface area contributed by atoms with Gasteiger partial charge in [-0.05, 0) is 61.4 Å². The highest BCUT2D eigenvalue weighted by molar-refractivity contribution is 6.35. The third kappa shape index (κ3) is 4.78. The van der Waals surface area contributed by atoms with Crippen LogP contribution in [0.15, 0.2) is 60.8 Å². The zero-order chi connectivity index (χ0) is 22.7. The summed E-state index contributed by atoms with van der Waals surface area (Å²) in [6.45, 7) is 1.02. The van der Waals surface area contributed by atoms with E-state index in [-0.39, 0.29) is 28.2 Å². The zero-order valence-corrected chi connectivity index (χ0v) is 18.6. The van der Waals surface area contributed by atoms with Gasteiger partial charge in [-0.25, -0.2) is 0 Å². The van der Waals surface area contributed by atoms with E-state index < -0.39 is 5.91 Å². The normalized spacial score (nSPS) is 15.5. The number of carbonyl (C=O) groups is 2. The molecule has 0 aliphatic carbocycles. The number of pyridine rings is 1. The lowest BCUT2D eigenvalue weighted by Crippen LogP contribution is -2.37. The Morgan fingerprint density at radius 3 is 2.59 bits per heavy atom. The lowest BCUT2D eigenvalue weighted by molar-refractivity contribution is 0.0916. The zero-order valence-electron chi connectivity index (χ0n) is 17.1. The van der Waals surface area contributed by atoms with E-state index in [9.17, 15) is 9.59 Å². The van der Waals surface area contributed by atoms with E-state index in [4.69, 9.17) is 33.7 Å². The van der Waals surface area contributed by atoms with Gasteiger partial charge in [0.05, 0.1) is 34.0 Å². The summed E-state index contributed by atoms with van der Waals surface area (Å²) in [5.74, 6) is -0.921. The summed E-state index contributed by atoms with van der Waals surface area (Å²) in [6.07, 6.45) is 3.41. The molecule has 0 spiro atoms. The van der Waals surface area contributed by atoms with Crippen molar-refractivity contribution < 1.29 is 14.3 Å². The summed E-state index contributed by atoms with van der Waals surface area (Å²) >= 11 is 12.8. The number of amides is 2. The molecule has 3 aromatic rings. The summed E-state index contributed by atoms with van der Waals surface area (Å²) in [5, 5.41) is 0.684. The van der Waals surface area contributed by atoms with Crippen LogP contribution in [-0.2, 0) is 4.74 Å². The molecule has 2 N–H and O–H groups in total. The fraction of sp³-hybridized carbons (Fsp3) is 0.208. The number of halogens is 2. The van der Waals surface area contributed by atoms with Crippen LogP contribution in [-0.4, -0.2) is 36.1 Å². The highest BCUT2D eigenvalue weighted by Gasteiger charge is 2.27. The number of rotatable bonds is 6. The number of primary amides is 1. The maximum Gasteiger partial charge on any atom is 0.259 e. The van der Waals surface area contributed by atoms with Gasteiger partial charge in [-0.3, -0.25) is 14.6 Å². The molecule has 1 aliphatic rings. The van der Waals surface area contributed by atoms with Crippen molar-refractivity contribution in [3.8, 4) is 11.3 Å². The van der Waals surface area contributed by atoms with Gasteiger partial charge in [0, 0.05) is 29.6 Å². The van der Waals surface area contributed by atoms with Gasteiger partial charge in [0.25, 0.3) is 5.91 Å². The summed E-state index contributed by atoms with van der Waals surface area (Å²) in [4.78, 5) is 31.1. The van der Waals surface area contributed by atoms with Crippen molar-refractivity contribution in [3.05, 3.63) is 82.0 Å². The topological polar surface area (TPSA) is 85.5 Å². The molecule has 8 heteroatoms. The largest absolute Gasteiger partial charge is 0.376 e. The first kappa shape index (κ1) is 22.3. The summed E-state index contributed by atoms with van der Waals surface area (Å²) in [7, 11) is 0. The Labute approximate surface area is 195 Å². The summed E-state index contributed by atoms with van der Waals surface area (Å²) in [5.41, 5.74) is 7.89. The number of aromatic nitrogens is 1. The van der Waals surface area contributed by atoms with Crippen LogP contribution in [0.1, 0.15) is 33.6 Å². The maximum absolute atomic E-state index is 13.6. The van der Waals surface area contributed by atoms with E-state index in [1.165, 1.54) is 18.2 Å². The van der Waals surface area contributed by atoms with Crippen LogP contribution < -0.4 is 10.6 Å². The van der Waals surface area contributed by atoms with Crippen LogP contribution in [0.25, 0.3) is 11.3 Å². The van der Waals surface area contributed by atoms with Crippen molar-refractivity contribution in [1.29, 1.82) is 0 Å². The van der Waals surface area contributed by atoms with Crippen LogP contribution in [0.2, 0.25) is 10.0 Å². The van der Waals surface area contributed by atoms with Crippen molar-refractivity contribution in [2.45, 2.75) is 18.9 Å². The Kier molecular flexibility index (Phi) is 6.74. The molecule has 0 bridgehead atoms. The average Bonchev–Trinajstić information content (AvgIpc) is 3.31. The van der Waals surface area contributed by atoms with Gasteiger partial charge in [0.15, 0.2) is 0 Å². The lowest BCUT2D eigenvalue weighted by Gasteiger charge is -2.27. The third-order valence-corrected chi connectivity index (χ3v) is 5.98. The molecule has 1 aliphatic heterocycles. The molecule has 164 valence electrons. The molecular formula is C24H21Cl2N3O3. The van der Waals surface area contributed by atoms with E-state index in [1.54, 1.807) is 23.2 Å². The van der Waals surface area contributed by atoms with E-state index in [1.807, 2.05) is 24.3 Å². The quantitative estimate of drug-likeness (QED) is 0.551. The third-order valence-electron chi connectivity index (χ3n) is 5.34. The smallest absolute Gasteiger partial charge is 0.259 e. The Morgan fingerprint density at radius 2 is 1.94 bits per heavy atom. The number of carbonyl (C=O) groups excluding carboxylic acids is 2. The molecule has 1 fully saturated rings. The van der Waals surface area contributed by atoms with Crippen molar-refractivity contribution in [2.75, 3.05) is 18.1 Å². The fourth-order valence-corrected chi connectivity index (χ4v) is 4.16. The molecule has 1 aromatic heterocycles. The van der Waals surface area contributed by atoms with Gasteiger partial charge < -0.3 is 15.4 Å². The Balaban J connectivity index is 1.74. The highest BCUT2D eigenvalue weighted by Crippen LogP contribution is 2.33. The molecule has 2 aromatic carbocycles. The van der Waals surface area contributed by atoms with Crippen molar-refractivity contribution in [1.82, 2.24) is 4.98 Å². The van der Waals surface area contributed by atoms with Crippen LogP contribution in [0, 0.1) is 0 Å². The number of anilines is 1. The monoisotopic (exact) mass is 469 g/mol. The predicted molar refractivity (Wildman–Crippen MR) is 125 cm³/mol. The molecule has 2 heterocycles. The number of nitrogens with zero attached hydrogens (tertiary/aromatic N) is 2. The first-order valence-corrected chi connectivity index (χ1v) is 10.9. The van der Waals surface area contributed by atoms with Gasteiger partial charge in [-0.2, -0.15) is 0 Å². The van der Waals surface area contributed by atoms with Crippen LogP contribution in [0.5, 0.6) is 0 Å². The van der Waals surface area contributed by atoms with Gasteiger partial charge in [-0.15, -0.1) is 0 Å². The molecule has 1 atom stereocenters. The second-order valence-corrected chi connectivity index (χ2v) is 8.30. The Hall–Kier alpha value is -2.93. The SMILES string of the molecule is NC(=O)c1ccc(C(=O)N(C[C@@H]2CCCO2)c2ccc(Cl)c(-c3ccccn3)c2)c(Cl)c1. The Bertz CT molecular complexity index is 1150. The maximum atomic E-state index is 13.6. The number of hydrogen-bond acceptors (Lipinski definition) is 4. The molecule has 0 radical (unpaired) electrons. The van der Waals surface area contributed by atoms with Crippen LogP contribution in [0.3, 0.4) is 0 Å². The van der Waals surface area contributed by atoms with Crippen molar-refractivity contribution >= 4 is 40.7 Å². The van der Waals surface area contributed by atoms with Crippen molar-refractivity contribution in [2.24, 2.45) is 5.73 Å². The van der Waals surface area contributed by atoms with Crippen LogP contribution >= 0.6 is 23.2 Å². The molecule has 2 amide bonds. The van der Waals surface area contributed by atoms with Crippen LogP contribution in [0.4, 0.5) is 5.69 Å². The average molecular weight is 470 g/mol. The number of benzene rings is 2. The van der Waals surface area contributed by atoms with Gasteiger partial charge in [-0.1, -0.05) is 29.3 Å². The second-order valence-electron chi connectivity index (χ2n) is 7.49. The number of ether oxygens (including phenoxy) is 1. The second kappa shape index (κ2) is 9.69. The summed E-state index contributed by atoms with van der Waals surface area (Å²) in [6, 6.07) is 15.3. The fourth-order valence-electron chi connectivity index (χ4n) is 3.68. The molecule has 32 heavy (non-hydrogen) atoms. The number of hydrogen-bond donors (Lipinski definition) is 1. The van der Waals surface area contributed by atoms with E-state index in [2.05, 4.69) is 4.98 Å². The van der Waals surface area contributed by atoms with E-state index in [0.717, 1.165) is 12.8 Å². The minimum Gasteiger partial charge on any atom is -0.376 e.